The molecule has 4 atom stereocenters. The van der Waals surface area contributed by atoms with E-state index in [1.54, 1.807) is 30.3 Å². The van der Waals surface area contributed by atoms with Crippen LogP contribution in [0.4, 0.5) is 11.4 Å². The maximum absolute atomic E-state index is 13.6. The highest BCUT2D eigenvalue weighted by molar-refractivity contribution is 5.82. The average Bonchev–Trinajstić information content (AvgIpc) is 2.89. The second-order valence-electron chi connectivity index (χ2n) is 10.3. The molecule has 1 saturated heterocycles. The van der Waals surface area contributed by atoms with E-state index in [9.17, 15) is 24.8 Å². The average molecular weight is 501 g/mol. The second-order valence-corrected chi connectivity index (χ2v) is 10.3. The summed E-state index contributed by atoms with van der Waals surface area (Å²) in [6.45, 7) is 1.67. The number of phenolic OH excluding ortho intramolecular Hbond substituents is 1. The Balaban J connectivity index is 1.31. The van der Waals surface area contributed by atoms with E-state index >= 15 is 0 Å². The molecule has 9 heteroatoms. The molecule has 2 bridgehead atoms. The SMILES string of the molecule is O=C(NCCc1ccc(O)cc1)[C@@H]1Cc2cc([N+](=O)[O-])ccc2N2C[C@H]3C[C@H](Cn4c3cccc4=O)[C@@H]12. The van der Waals surface area contributed by atoms with E-state index in [0.717, 1.165) is 28.9 Å². The van der Waals surface area contributed by atoms with Crippen molar-refractivity contribution < 1.29 is 14.8 Å². The van der Waals surface area contributed by atoms with Crippen molar-refractivity contribution in [3.05, 3.63) is 98.0 Å². The van der Waals surface area contributed by atoms with Crippen LogP contribution in [0, 0.1) is 22.0 Å². The quantitative estimate of drug-likeness (QED) is 0.411. The van der Waals surface area contributed by atoms with Crippen molar-refractivity contribution in [1.29, 1.82) is 0 Å². The number of aromatic hydroxyl groups is 1. The number of non-ortho nitro benzene ring substituents is 1. The van der Waals surface area contributed by atoms with Gasteiger partial charge in [-0.05, 0) is 60.6 Å². The summed E-state index contributed by atoms with van der Waals surface area (Å²) in [5.74, 6) is 0.00854. The first-order chi connectivity index (χ1) is 17.9. The minimum atomic E-state index is -0.396. The maximum Gasteiger partial charge on any atom is 0.269 e. The predicted octanol–water partition coefficient (Wildman–Crippen LogP) is 2.99. The standard InChI is InChI=1S/C28H28N4O5/c33-22-7-4-17(5-8-22)10-11-29-28(35)23-14-18-13-21(32(36)37)6-9-25(18)31-15-19-12-20(27(23)31)16-30-24(19)2-1-3-26(30)34/h1-9,13,19-20,23,27,33H,10-12,14-16H2,(H,29,35)/t19-,20-,23-,27+/m1/s1. The Morgan fingerprint density at radius 2 is 1.92 bits per heavy atom. The number of hydrogen-bond donors (Lipinski definition) is 2. The highest BCUT2D eigenvalue weighted by Gasteiger charge is 2.49. The van der Waals surface area contributed by atoms with Gasteiger partial charge in [0.25, 0.3) is 11.2 Å². The van der Waals surface area contributed by atoms with Gasteiger partial charge in [0, 0.05) is 61.2 Å². The van der Waals surface area contributed by atoms with Crippen molar-refractivity contribution in [2.75, 3.05) is 18.0 Å². The van der Waals surface area contributed by atoms with Crippen LogP contribution in [0.15, 0.2) is 65.5 Å². The summed E-state index contributed by atoms with van der Waals surface area (Å²) in [5.41, 5.74) is 3.80. The van der Waals surface area contributed by atoms with Gasteiger partial charge in [0.1, 0.15) is 5.75 Å². The fourth-order valence-corrected chi connectivity index (χ4v) is 6.58. The van der Waals surface area contributed by atoms with Crippen molar-refractivity contribution in [2.45, 2.75) is 37.8 Å². The molecule has 2 aromatic carbocycles. The first-order valence-electron chi connectivity index (χ1n) is 12.7. The first kappa shape index (κ1) is 23.3. The number of nitrogens with one attached hydrogen (secondary N) is 1. The van der Waals surface area contributed by atoms with Gasteiger partial charge in [-0.3, -0.25) is 19.7 Å². The fourth-order valence-electron chi connectivity index (χ4n) is 6.58. The van der Waals surface area contributed by atoms with Crippen molar-refractivity contribution in [3.8, 4) is 5.75 Å². The highest BCUT2D eigenvalue weighted by Crippen LogP contribution is 2.47. The number of nitro benzene ring substituents is 1. The lowest BCUT2D eigenvalue weighted by molar-refractivity contribution is -0.384. The summed E-state index contributed by atoms with van der Waals surface area (Å²) in [4.78, 5) is 39.6. The Morgan fingerprint density at radius 3 is 2.70 bits per heavy atom. The van der Waals surface area contributed by atoms with Crippen LogP contribution in [-0.4, -0.2) is 39.6 Å². The molecule has 3 aromatic rings. The minimum Gasteiger partial charge on any atom is -0.508 e. The molecule has 0 unspecified atom stereocenters. The van der Waals surface area contributed by atoms with Gasteiger partial charge in [-0.15, -0.1) is 0 Å². The lowest BCUT2D eigenvalue weighted by Crippen LogP contribution is -2.61. The summed E-state index contributed by atoms with van der Waals surface area (Å²) in [7, 11) is 0. The predicted molar refractivity (Wildman–Crippen MR) is 138 cm³/mol. The molecule has 1 aromatic heterocycles. The number of nitrogens with zero attached hydrogens (tertiary/aromatic N) is 3. The maximum atomic E-state index is 13.6. The molecule has 0 aliphatic carbocycles. The summed E-state index contributed by atoms with van der Waals surface area (Å²) in [5, 5.41) is 24.1. The molecule has 3 aliphatic heterocycles. The van der Waals surface area contributed by atoms with Crippen LogP contribution < -0.4 is 15.8 Å². The number of piperidine rings is 1. The van der Waals surface area contributed by atoms with Gasteiger partial charge < -0.3 is 19.9 Å². The van der Waals surface area contributed by atoms with E-state index < -0.39 is 4.92 Å². The molecular formula is C28H28N4O5. The molecule has 6 rings (SSSR count). The molecular weight excluding hydrogens is 472 g/mol. The lowest BCUT2D eigenvalue weighted by atomic mass is 9.70. The Morgan fingerprint density at radius 1 is 1.11 bits per heavy atom. The van der Waals surface area contributed by atoms with Crippen molar-refractivity contribution >= 4 is 17.3 Å². The van der Waals surface area contributed by atoms with Crippen molar-refractivity contribution in [2.24, 2.45) is 11.8 Å². The third-order valence-corrected chi connectivity index (χ3v) is 8.19. The van der Waals surface area contributed by atoms with Gasteiger partial charge in [-0.1, -0.05) is 18.2 Å². The molecule has 9 nitrogen and oxygen atoms in total. The van der Waals surface area contributed by atoms with Crippen LogP contribution in [0.3, 0.4) is 0 Å². The number of pyridine rings is 1. The molecule has 37 heavy (non-hydrogen) atoms. The summed E-state index contributed by atoms with van der Waals surface area (Å²) < 4.78 is 1.86. The van der Waals surface area contributed by atoms with Gasteiger partial charge in [0.15, 0.2) is 0 Å². The minimum absolute atomic E-state index is 0.0117. The van der Waals surface area contributed by atoms with Gasteiger partial charge in [0.2, 0.25) is 5.91 Å². The van der Waals surface area contributed by atoms with E-state index in [4.69, 9.17) is 0 Å². The number of fused-ring (bicyclic) bond motifs is 8. The molecule has 0 radical (unpaired) electrons. The van der Waals surface area contributed by atoms with Crippen molar-refractivity contribution in [1.82, 2.24) is 9.88 Å². The van der Waals surface area contributed by atoms with Crippen LogP contribution in [0.25, 0.3) is 0 Å². The second kappa shape index (κ2) is 9.06. The van der Waals surface area contributed by atoms with Gasteiger partial charge in [-0.25, -0.2) is 0 Å². The first-order valence-corrected chi connectivity index (χ1v) is 12.7. The smallest absolute Gasteiger partial charge is 0.269 e. The molecule has 0 spiro atoms. The van der Waals surface area contributed by atoms with Gasteiger partial charge >= 0.3 is 0 Å². The topological polar surface area (TPSA) is 118 Å². The van der Waals surface area contributed by atoms with Crippen molar-refractivity contribution in [3.63, 3.8) is 0 Å². The van der Waals surface area contributed by atoms with Gasteiger partial charge in [0.05, 0.1) is 10.8 Å². The monoisotopic (exact) mass is 500 g/mol. The van der Waals surface area contributed by atoms with Crippen LogP contribution >= 0.6 is 0 Å². The number of aromatic nitrogens is 1. The molecule has 0 saturated carbocycles. The number of rotatable bonds is 5. The fraction of sp³-hybridized carbons (Fsp3) is 0.357. The third kappa shape index (κ3) is 4.14. The summed E-state index contributed by atoms with van der Waals surface area (Å²) in [6, 6.07) is 17.2. The number of amides is 1. The molecule has 1 fully saturated rings. The Labute approximate surface area is 213 Å². The number of benzene rings is 2. The zero-order chi connectivity index (χ0) is 25.7. The Kier molecular flexibility index (Phi) is 5.70. The van der Waals surface area contributed by atoms with E-state index in [-0.39, 0.29) is 46.7 Å². The molecule has 3 aliphatic rings. The van der Waals surface area contributed by atoms with E-state index in [0.29, 0.717) is 32.5 Å². The Bertz CT molecular complexity index is 1430. The lowest BCUT2D eigenvalue weighted by Gasteiger charge is -2.54. The zero-order valence-corrected chi connectivity index (χ0v) is 20.2. The normalized spacial score (nSPS) is 23.4. The van der Waals surface area contributed by atoms with Crippen LogP contribution in [0.1, 0.15) is 29.2 Å². The summed E-state index contributed by atoms with van der Waals surface area (Å²) in [6.07, 6.45) is 1.95. The largest absolute Gasteiger partial charge is 0.508 e. The number of nitro groups is 1. The zero-order valence-electron chi connectivity index (χ0n) is 20.2. The highest BCUT2D eigenvalue weighted by atomic mass is 16.6. The van der Waals surface area contributed by atoms with Crippen LogP contribution in [0.2, 0.25) is 0 Å². The number of anilines is 1. The summed E-state index contributed by atoms with van der Waals surface area (Å²) >= 11 is 0. The van der Waals surface area contributed by atoms with E-state index in [1.165, 1.54) is 6.07 Å². The molecule has 190 valence electrons. The molecule has 2 N–H and O–H groups in total. The third-order valence-electron chi connectivity index (χ3n) is 8.19. The van der Waals surface area contributed by atoms with Gasteiger partial charge in [-0.2, -0.15) is 0 Å². The van der Waals surface area contributed by atoms with E-state index in [1.807, 2.05) is 28.8 Å². The van der Waals surface area contributed by atoms with Crippen LogP contribution in [0.5, 0.6) is 5.75 Å². The Hall–Kier alpha value is -4.14. The number of hydrogen-bond acceptors (Lipinski definition) is 6. The number of phenols is 1. The molecule has 4 heterocycles. The molecule has 1 amide bonds. The number of carbonyl (C=O) groups is 1. The van der Waals surface area contributed by atoms with E-state index in [2.05, 4.69) is 10.2 Å². The van der Waals surface area contributed by atoms with Crippen LogP contribution in [-0.2, 0) is 24.2 Å². The number of carbonyl (C=O) groups excluding carboxylic acids is 1.